The molecule has 0 aromatic heterocycles. The summed E-state index contributed by atoms with van der Waals surface area (Å²) in [6.45, 7) is 24.5. The van der Waals surface area contributed by atoms with Gasteiger partial charge in [0, 0.05) is 0 Å². The first-order valence-electron chi connectivity index (χ1n) is 14.0. The minimum absolute atomic E-state index is 0.582. The number of hydrogen-bond donors (Lipinski definition) is 0. The van der Waals surface area contributed by atoms with Gasteiger partial charge < -0.3 is 0 Å². The van der Waals surface area contributed by atoms with Crippen LogP contribution in [-0.4, -0.2) is 0 Å². The molecular formula is C30H51Cr. The topological polar surface area (TPSA) is 0 Å². The molecule has 0 heterocycles. The van der Waals surface area contributed by atoms with Crippen LogP contribution in [0.5, 0.6) is 0 Å². The molecule has 0 spiro atoms. The molecule has 0 N–H and O–H groups in total. The van der Waals surface area contributed by atoms with E-state index >= 15 is 0 Å². The normalized spacial score (nSPS) is 57.5. The van der Waals surface area contributed by atoms with Crippen molar-refractivity contribution in [3.63, 3.8) is 0 Å². The van der Waals surface area contributed by atoms with E-state index in [1.165, 1.54) is 0 Å². The third kappa shape index (κ3) is 2.36. The molecule has 0 nitrogen and oxygen atoms in total. The SMILES string of the molecule is CC1C[C]2([Cr]([C]34CC(C)C(CC3(C)C)C4)[C]34CC(C)C(CC3(C)C)C4)CC1CC2(C)C. The molecule has 1 heteroatoms. The zero-order valence-corrected chi connectivity index (χ0v) is 23.5. The second-order valence-corrected chi connectivity index (χ2v) is 20.6. The van der Waals surface area contributed by atoms with E-state index in [1.54, 1.807) is 57.8 Å². The van der Waals surface area contributed by atoms with Gasteiger partial charge in [-0.2, -0.15) is 0 Å². The fraction of sp³-hybridized carbons (Fsp3) is 1.00. The van der Waals surface area contributed by atoms with Gasteiger partial charge >= 0.3 is 199 Å². The molecular weight excluding hydrogens is 412 g/mol. The van der Waals surface area contributed by atoms with E-state index < -0.39 is 14.1 Å². The molecule has 177 valence electrons. The van der Waals surface area contributed by atoms with Crippen LogP contribution >= 0.6 is 0 Å². The summed E-state index contributed by atoms with van der Waals surface area (Å²) in [7, 11) is 0. The van der Waals surface area contributed by atoms with E-state index in [1.807, 2.05) is 0 Å². The van der Waals surface area contributed by atoms with E-state index in [9.17, 15) is 0 Å². The van der Waals surface area contributed by atoms with E-state index in [4.69, 9.17) is 0 Å². The monoisotopic (exact) mass is 463 g/mol. The number of hydrogen-bond acceptors (Lipinski definition) is 0. The summed E-state index contributed by atoms with van der Waals surface area (Å²) in [5, 5.41) is 0. The molecule has 6 rings (SSSR count). The second-order valence-electron chi connectivity index (χ2n) is 16.0. The average molecular weight is 464 g/mol. The number of rotatable bonds is 3. The van der Waals surface area contributed by atoms with Crippen LogP contribution < -0.4 is 0 Å². The Hall–Kier alpha value is 0.532. The molecule has 0 amide bonds. The van der Waals surface area contributed by atoms with Gasteiger partial charge in [0.15, 0.2) is 0 Å². The molecule has 6 aliphatic rings. The summed E-state index contributed by atoms with van der Waals surface area (Å²) in [5.41, 5.74) is 1.75. The molecule has 6 bridgehead atoms. The standard InChI is InChI=1S/3C10H17.Cr/c3*1-7-4-9-5-8(7)6-10(9,2)3;/h3*7-8H,4-6H2,1-3H3;. The molecule has 31 heavy (non-hydrogen) atoms. The van der Waals surface area contributed by atoms with Crippen molar-refractivity contribution in [2.24, 2.45) is 51.8 Å². The fourth-order valence-electron chi connectivity index (χ4n) is 11.6. The van der Waals surface area contributed by atoms with E-state index in [-0.39, 0.29) is 0 Å². The van der Waals surface area contributed by atoms with Crippen LogP contribution in [0.4, 0.5) is 0 Å². The van der Waals surface area contributed by atoms with Crippen LogP contribution in [0.3, 0.4) is 0 Å². The minimum atomic E-state index is -0.952. The Kier molecular flexibility index (Phi) is 4.27. The maximum absolute atomic E-state index is 2.76. The van der Waals surface area contributed by atoms with Crippen LogP contribution in [0.15, 0.2) is 0 Å². The van der Waals surface area contributed by atoms with Gasteiger partial charge in [-0.05, 0) is 0 Å². The van der Waals surface area contributed by atoms with Crippen molar-refractivity contribution in [3.8, 4) is 0 Å². The Morgan fingerprint density at radius 3 is 0.871 bits per heavy atom. The third-order valence-corrected chi connectivity index (χ3v) is 21.1. The molecule has 0 aromatic rings. The van der Waals surface area contributed by atoms with Crippen LogP contribution in [0.25, 0.3) is 0 Å². The fourth-order valence-corrected chi connectivity index (χ4v) is 21.9. The predicted octanol–water partition coefficient (Wildman–Crippen LogP) is 9.51. The molecule has 9 atom stereocenters. The van der Waals surface area contributed by atoms with Gasteiger partial charge in [0.05, 0.1) is 0 Å². The van der Waals surface area contributed by atoms with Gasteiger partial charge in [0.1, 0.15) is 0 Å². The van der Waals surface area contributed by atoms with Gasteiger partial charge in [-0.15, -0.1) is 0 Å². The van der Waals surface area contributed by atoms with E-state index in [2.05, 4.69) is 62.3 Å². The van der Waals surface area contributed by atoms with Crippen molar-refractivity contribution in [2.45, 2.75) is 133 Å². The van der Waals surface area contributed by atoms with Crippen molar-refractivity contribution >= 4 is 0 Å². The Morgan fingerprint density at radius 2 is 0.677 bits per heavy atom. The summed E-state index contributed by atoms with van der Waals surface area (Å²) in [5.74, 6) is 6.08. The van der Waals surface area contributed by atoms with Crippen molar-refractivity contribution in [2.75, 3.05) is 0 Å². The molecule has 0 saturated heterocycles. The second kappa shape index (κ2) is 6.02. The quantitative estimate of drug-likeness (QED) is 0.391. The molecule has 9 unspecified atom stereocenters. The third-order valence-electron chi connectivity index (χ3n) is 13.3. The van der Waals surface area contributed by atoms with Gasteiger partial charge in [-0.1, -0.05) is 0 Å². The van der Waals surface area contributed by atoms with Crippen molar-refractivity contribution in [1.82, 2.24) is 0 Å². The van der Waals surface area contributed by atoms with Crippen LogP contribution in [0, 0.1) is 51.8 Å². The van der Waals surface area contributed by atoms with Crippen molar-refractivity contribution < 1.29 is 14.1 Å². The first-order chi connectivity index (χ1) is 14.2. The summed E-state index contributed by atoms with van der Waals surface area (Å²) in [6.07, 6.45) is 14.3. The molecule has 0 radical (unpaired) electrons. The van der Waals surface area contributed by atoms with Gasteiger partial charge in [0.2, 0.25) is 0 Å². The first-order valence-corrected chi connectivity index (χ1v) is 15.9. The van der Waals surface area contributed by atoms with Crippen LogP contribution in [0.1, 0.15) is 120 Å². The Bertz CT molecular complexity index is 676. The maximum atomic E-state index is 2.76. The Labute approximate surface area is 198 Å². The summed E-state index contributed by atoms with van der Waals surface area (Å²) in [4.78, 5) is 0. The predicted molar refractivity (Wildman–Crippen MR) is 129 cm³/mol. The van der Waals surface area contributed by atoms with E-state index in [0.29, 0.717) is 29.1 Å². The summed E-state index contributed by atoms with van der Waals surface area (Å²) in [6, 6.07) is 0. The van der Waals surface area contributed by atoms with Crippen molar-refractivity contribution in [1.29, 1.82) is 0 Å². The molecule has 6 aliphatic carbocycles. The van der Waals surface area contributed by atoms with Gasteiger partial charge in [-0.25, -0.2) is 0 Å². The van der Waals surface area contributed by atoms with E-state index in [0.717, 1.165) is 35.5 Å². The molecule has 0 aliphatic heterocycles. The van der Waals surface area contributed by atoms with Crippen LogP contribution in [0.2, 0.25) is 12.8 Å². The Morgan fingerprint density at radius 1 is 0.419 bits per heavy atom. The Balaban J connectivity index is 1.61. The molecule has 6 saturated carbocycles. The molecule has 6 fully saturated rings. The van der Waals surface area contributed by atoms with Gasteiger partial charge in [-0.3, -0.25) is 0 Å². The zero-order valence-electron chi connectivity index (χ0n) is 22.2. The molecule has 0 aromatic carbocycles. The van der Waals surface area contributed by atoms with Crippen molar-refractivity contribution in [3.05, 3.63) is 0 Å². The zero-order chi connectivity index (χ0) is 22.4. The first kappa shape index (κ1) is 22.0. The summed E-state index contributed by atoms with van der Waals surface area (Å²) >= 11 is -0.952. The average Bonchev–Trinajstić information content (AvgIpc) is 3.36. The number of fused-ring (bicyclic) bond motifs is 6. The van der Waals surface area contributed by atoms with Crippen LogP contribution in [-0.2, 0) is 14.1 Å². The summed E-state index contributed by atoms with van der Waals surface area (Å²) < 4.78 is 2.14. The van der Waals surface area contributed by atoms with Gasteiger partial charge in [0.25, 0.3) is 0 Å².